The molecule has 0 saturated carbocycles. The largest absolute Gasteiger partial charge is 0.294 e. The van der Waals surface area contributed by atoms with Crippen LogP contribution >= 0.6 is 0 Å². The third-order valence-corrected chi connectivity index (χ3v) is 4.99. The van der Waals surface area contributed by atoms with Gasteiger partial charge in [-0.25, -0.2) is 0 Å². The van der Waals surface area contributed by atoms with E-state index < -0.39 is 0 Å². The maximum atomic E-state index is 4.59. The quantitative estimate of drug-likeness (QED) is 0.637. The number of nitrogens with zero attached hydrogens (tertiary/aromatic N) is 2. The van der Waals surface area contributed by atoms with E-state index in [0.29, 0.717) is 0 Å². The lowest BCUT2D eigenvalue weighted by molar-refractivity contribution is 0.290. The molecule has 2 aromatic carbocycles. The SMILES string of the molecule is Cc1cccc(C2=CCN(Cc3cc(-c4ccccc4)ccn3)CC2)c1. The van der Waals surface area contributed by atoms with E-state index in [1.807, 2.05) is 6.20 Å². The lowest BCUT2D eigenvalue weighted by atomic mass is 9.98. The minimum Gasteiger partial charge on any atom is -0.294 e. The Labute approximate surface area is 155 Å². The third kappa shape index (κ3) is 3.92. The van der Waals surface area contributed by atoms with Crippen molar-refractivity contribution in [3.05, 3.63) is 95.8 Å². The maximum absolute atomic E-state index is 4.59. The van der Waals surface area contributed by atoms with Crippen LogP contribution in [0.4, 0.5) is 0 Å². The van der Waals surface area contributed by atoms with Crippen molar-refractivity contribution in [1.82, 2.24) is 9.88 Å². The Morgan fingerprint density at radius 3 is 2.50 bits per heavy atom. The highest BCUT2D eigenvalue weighted by atomic mass is 15.1. The van der Waals surface area contributed by atoms with E-state index in [1.165, 1.54) is 27.8 Å². The predicted octanol–water partition coefficient (Wildman–Crippen LogP) is 5.35. The first-order chi connectivity index (χ1) is 12.8. The first-order valence-corrected chi connectivity index (χ1v) is 9.27. The molecule has 26 heavy (non-hydrogen) atoms. The number of pyridine rings is 1. The maximum Gasteiger partial charge on any atom is 0.0550 e. The average Bonchev–Trinajstić information content (AvgIpc) is 2.69. The normalized spacial score (nSPS) is 14.9. The van der Waals surface area contributed by atoms with Crippen LogP contribution in [0.1, 0.15) is 23.2 Å². The van der Waals surface area contributed by atoms with Crippen molar-refractivity contribution in [2.45, 2.75) is 19.9 Å². The third-order valence-electron chi connectivity index (χ3n) is 4.99. The molecule has 0 amide bonds. The number of hydrogen-bond donors (Lipinski definition) is 0. The molecular formula is C24H24N2. The summed E-state index contributed by atoms with van der Waals surface area (Å²) in [6, 6.07) is 23.6. The summed E-state index contributed by atoms with van der Waals surface area (Å²) in [5.41, 5.74) is 7.79. The van der Waals surface area contributed by atoms with Crippen molar-refractivity contribution in [2.75, 3.05) is 13.1 Å². The molecule has 0 radical (unpaired) electrons. The average molecular weight is 340 g/mol. The van der Waals surface area contributed by atoms with Gasteiger partial charge in [0.25, 0.3) is 0 Å². The Morgan fingerprint density at radius 2 is 1.73 bits per heavy atom. The molecule has 0 atom stereocenters. The first-order valence-electron chi connectivity index (χ1n) is 9.27. The molecule has 4 rings (SSSR count). The van der Waals surface area contributed by atoms with Crippen molar-refractivity contribution in [1.29, 1.82) is 0 Å². The van der Waals surface area contributed by atoms with Crippen molar-refractivity contribution in [3.63, 3.8) is 0 Å². The standard InChI is InChI=1S/C24H24N2/c1-19-6-5-9-22(16-19)21-11-14-26(15-12-21)18-24-17-23(10-13-25-24)20-7-3-2-4-8-20/h2-11,13,16-17H,12,14-15,18H2,1H3. The van der Waals surface area contributed by atoms with E-state index in [2.05, 4.69) is 89.6 Å². The molecule has 0 aliphatic carbocycles. The summed E-state index contributed by atoms with van der Waals surface area (Å²) in [6.07, 6.45) is 5.40. The molecular weight excluding hydrogens is 316 g/mol. The minimum atomic E-state index is 0.901. The van der Waals surface area contributed by atoms with Gasteiger partial charge in [0.1, 0.15) is 0 Å². The molecule has 0 unspecified atom stereocenters. The van der Waals surface area contributed by atoms with Crippen LogP contribution in [0.15, 0.2) is 79.0 Å². The monoisotopic (exact) mass is 340 g/mol. The second-order valence-corrected chi connectivity index (χ2v) is 6.99. The first kappa shape index (κ1) is 16.7. The number of aromatic nitrogens is 1. The summed E-state index contributed by atoms with van der Waals surface area (Å²) in [4.78, 5) is 7.05. The zero-order valence-corrected chi connectivity index (χ0v) is 15.2. The Bertz CT molecular complexity index is 912. The van der Waals surface area contributed by atoms with Crippen LogP contribution in [0.3, 0.4) is 0 Å². The van der Waals surface area contributed by atoms with Crippen LogP contribution in [-0.2, 0) is 6.54 Å². The van der Waals surface area contributed by atoms with Crippen LogP contribution < -0.4 is 0 Å². The van der Waals surface area contributed by atoms with Gasteiger partial charge in [-0.15, -0.1) is 0 Å². The van der Waals surface area contributed by atoms with E-state index in [4.69, 9.17) is 0 Å². The van der Waals surface area contributed by atoms with Gasteiger partial charge in [-0.2, -0.15) is 0 Å². The molecule has 0 fully saturated rings. The van der Waals surface area contributed by atoms with E-state index >= 15 is 0 Å². The molecule has 1 aromatic heterocycles. The van der Waals surface area contributed by atoms with Crippen molar-refractivity contribution < 1.29 is 0 Å². The lowest BCUT2D eigenvalue weighted by Gasteiger charge is -2.26. The lowest BCUT2D eigenvalue weighted by Crippen LogP contribution is -2.28. The fourth-order valence-electron chi connectivity index (χ4n) is 3.57. The molecule has 2 heteroatoms. The summed E-state index contributed by atoms with van der Waals surface area (Å²) in [6.45, 7) is 5.13. The molecule has 1 aliphatic heterocycles. The molecule has 0 N–H and O–H groups in total. The predicted molar refractivity (Wildman–Crippen MR) is 109 cm³/mol. The van der Waals surface area contributed by atoms with Gasteiger partial charge in [-0.05, 0) is 47.7 Å². The van der Waals surface area contributed by atoms with Gasteiger partial charge in [0.2, 0.25) is 0 Å². The Balaban J connectivity index is 1.45. The molecule has 0 spiro atoms. The highest BCUT2D eigenvalue weighted by Gasteiger charge is 2.14. The Kier molecular flexibility index (Phi) is 4.94. The molecule has 130 valence electrons. The van der Waals surface area contributed by atoms with Crippen molar-refractivity contribution in [3.8, 4) is 11.1 Å². The number of rotatable bonds is 4. The fraction of sp³-hybridized carbons (Fsp3) is 0.208. The molecule has 1 aliphatic rings. The van der Waals surface area contributed by atoms with Gasteiger partial charge < -0.3 is 0 Å². The second-order valence-electron chi connectivity index (χ2n) is 6.99. The van der Waals surface area contributed by atoms with Gasteiger partial charge in [0, 0.05) is 25.8 Å². The van der Waals surface area contributed by atoms with E-state index in [9.17, 15) is 0 Å². The summed E-state index contributed by atoms with van der Waals surface area (Å²) < 4.78 is 0. The summed E-state index contributed by atoms with van der Waals surface area (Å²) in [7, 11) is 0. The summed E-state index contributed by atoms with van der Waals surface area (Å²) in [5, 5.41) is 0. The molecule has 0 saturated heterocycles. The van der Waals surface area contributed by atoms with E-state index in [1.54, 1.807) is 0 Å². The number of hydrogen-bond acceptors (Lipinski definition) is 2. The van der Waals surface area contributed by atoms with Crippen LogP contribution in [0.2, 0.25) is 0 Å². The summed E-state index contributed by atoms with van der Waals surface area (Å²) in [5.74, 6) is 0. The minimum absolute atomic E-state index is 0.901. The zero-order valence-electron chi connectivity index (χ0n) is 15.2. The molecule has 0 bridgehead atoms. The Hall–Kier alpha value is -2.71. The topological polar surface area (TPSA) is 16.1 Å². The van der Waals surface area contributed by atoms with E-state index in [-0.39, 0.29) is 0 Å². The van der Waals surface area contributed by atoms with Crippen molar-refractivity contribution >= 4 is 5.57 Å². The molecule has 2 nitrogen and oxygen atoms in total. The van der Waals surface area contributed by atoms with Crippen LogP contribution in [0.5, 0.6) is 0 Å². The smallest absolute Gasteiger partial charge is 0.0550 e. The van der Waals surface area contributed by atoms with Gasteiger partial charge in [-0.3, -0.25) is 9.88 Å². The van der Waals surface area contributed by atoms with Crippen LogP contribution in [0, 0.1) is 6.92 Å². The highest BCUT2D eigenvalue weighted by molar-refractivity contribution is 5.67. The van der Waals surface area contributed by atoms with Crippen LogP contribution in [0.25, 0.3) is 16.7 Å². The van der Waals surface area contributed by atoms with Gasteiger partial charge in [0.15, 0.2) is 0 Å². The molecule has 3 aromatic rings. The molecule has 2 heterocycles. The van der Waals surface area contributed by atoms with Crippen molar-refractivity contribution in [2.24, 2.45) is 0 Å². The Morgan fingerprint density at radius 1 is 0.885 bits per heavy atom. The van der Waals surface area contributed by atoms with Gasteiger partial charge in [-0.1, -0.05) is 66.2 Å². The second kappa shape index (κ2) is 7.67. The number of aryl methyl sites for hydroxylation is 1. The summed E-state index contributed by atoms with van der Waals surface area (Å²) >= 11 is 0. The zero-order chi connectivity index (χ0) is 17.8. The van der Waals surface area contributed by atoms with Crippen LogP contribution in [-0.4, -0.2) is 23.0 Å². The van der Waals surface area contributed by atoms with Gasteiger partial charge >= 0.3 is 0 Å². The number of benzene rings is 2. The van der Waals surface area contributed by atoms with Gasteiger partial charge in [0.05, 0.1) is 5.69 Å². The van der Waals surface area contributed by atoms with E-state index in [0.717, 1.165) is 31.7 Å². The highest BCUT2D eigenvalue weighted by Crippen LogP contribution is 2.24. The fourth-order valence-corrected chi connectivity index (χ4v) is 3.57.